The van der Waals surface area contributed by atoms with Crippen molar-refractivity contribution in [2.24, 2.45) is 0 Å². The van der Waals surface area contributed by atoms with Gasteiger partial charge in [-0.3, -0.25) is 0 Å². The predicted molar refractivity (Wildman–Crippen MR) is 111 cm³/mol. The number of halogens is 3. The van der Waals surface area contributed by atoms with Crippen LogP contribution >= 0.6 is 20.7 Å². The fourth-order valence-corrected chi connectivity index (χ4v) is 10.5. The van der Waals surface area contributed by atoms with Crippen LogP contribution in [0.3, 0.4) is 0 Å². The zero-order chi connectivity index (χ0) is 22.0. The molecule has 0 saturated heterocycles. The van der Waals surface area contributed by atoms with E-state index in [2.05, 4.69) is 3.63 Å². The first-order valence-electron chi connectivity index (χ1n) is 8.28. The van der Waals surface area contributed by atoms with E-state index in [4.69, 9.17) is 10.7 Å². The van der Waals surface area contributed by atoms with E-state index in [9.17, 15) is 16.8 Å². The standard InChI is InChI=1S/C19H15ClF2O5S3/c20-30(25,26)27-29(23,24)19(21,22)28(16-10-4-1-5-11-16,17-12-6-2-7-13-17)18-14-8-3-9-15-18/h1-15H. The van der Waals surface area contributed by atoms with Crippen molar-refractivity contribution in [3.8, 4) is 0 Å². The number of alkyl halides is 2. The molecule has 0 atom stereocenters. The Kier molecular flexibility index (Phi) is 6.26. The van der Waals surface area contributed by atoms with Crippen molar-refractivity contribution in [2.75, 3.05) is 0 Å². The lowest BCUT2D eigenvalue weighted by atomic mass is 10.4. The van der Waals surface area contributed by atoms with Gasteiger partial charge in [-0.15, -0.1) is 3.63 Å². The maximum Gasteiger partial charge on any atom is 0.414 e. The second-order valence-electron chi connectivity index (χ2n) is 5.93. The monoisotopic (exact) mass is 492 g/mol. The highest BCUT2D eigenvalue weighted by Crippen LogP contribution is 2.78. The van der Waals surface area contributed by atoms with Crippen LogP contribution in [0.4, 0.5) is 8.78 Å². The third-order valence-electron chi connectivity index (χ3n) is 4.11. The summed E-state index contributed by atoms with van der Waals surface area (Å²) in [5.41, 5.74) is 0. The summed E-state index contributed by atoms with van der Waals surface area (Å²) in [4.78, 5) is -0.0235. The lowest BCUT2D eigenvalue weighted by molar-refractivity contribution is 0.176. The third-order valence-corrected chi connectivity index (χ3v) is 11.5. The molecule has 0 aromatic heterocycles. The number of hydrogen-bond acceptors (Lipinski definition) is 5. The Labute approximate surface area is 179 Å². The molecule has 30 heavy (non-hydrogen) atoms. The molecule has 160 valence electrons. The van der Waals surface area contributed by atoms with Crippen LogP contribution in [0.25, 0.3) is 0 Å². The molecule has 0 spiro atoms. The fraction of sp³-hybridized carbons (Fsp3) is 0.0526. The zero-order valence-electron chi connectivity index (χ0n) is 15.1. The van der Waals surface area contributed by atoms with Gasteiger partial charge in [-0.05, 0) is 36.4 Å². The average Bonchev–Trinajstić information content (AvgIpc) is 2.69. The lowest BCUT2D eigenvalue weighted by Crippen LogP contribution is -2.37. The van der Waals surface area contributed by atoms with E-state index in [-0.39, 0.29) is 14.7 Å². The van der Waals surface area contributed by atoms with Crippen LogP contribution in [0, 0.1) is 0 Å². The minimum Gasteiger partial charge on any atom is -0.191 e. The van der Waals surface area contributed by atoms with Gasteiger partial charge in [0.15, 0.2) is 0 Å². The van der Waals surface area contributed by atoms with Crippen LogP contribution in [0.2, 0.25) is 0 Å². The van der Waals surface area contributed by atoms with Crippen LogP contribution < -0.4 is 0 Å². The highest BCUT2D eigenvalue weighted by molar-refractivity contribution is 8.40. The summed E-state index contributed by atoms with van der Waals surface area (Å²) >= 11 is 0. The largest absolute Gasteiger partial charge is 0.414 e. The summed E-state index contributed by atoms with van der Waals surface area (Å²) in [7, 11) is -10.3. The molecule has 0 amide bonds. The molecule has 0 saturated carbocycles. The van der Waals surface area contributed by atoms with Gasteiger partial charge in [0.25, 0.3) is 0 Å². The Hall–Kier alpha value is -1.98. The number of benzene rings is 3. The number of hydrogen-bond donors (Lipinski definition) is 0. The average molecular weight is 493 g/mol. The van der Waals surface area contributed by atoms with Crippen LogP contribution in [0.15, 0.2) is 106 Å². The second-order valence-corrected chi connectivity index (χ2v) is 13.2. The summed E-state index contributed by atoms with van der Waals surface area (Å²) in [5.74, 6) is 0. The van der Waals surface area contributed by atoms with E-state index in [0.29, 0.717) is 0 Å². The van der Waals surface area contributed by atoms with Gasteiger partial charge < -0.3 is 0 Å². The molecule has 0 radical (unpaired) electrons. The maximum absolute atomic E-state index is 16.1. The molecule has 0 heterocycles. The van der Waals surface area contributed by atoms with Crippen molar-refractivity contribution in [3.63, 3.8) is 0 Å². The van der Waals surface area contributed by atoms with E-state index in [1.165, 1.54) is 72.8 Å². The zero-order valence-corrected chi connectivity index (χ0v) is 18.3. The van der Waals surface area contributed by atoms with E-state index in [1.807, 2.05) is 0 Å². The molecule has 3 aromatic carbocycles. The van der Waals surface area contributed by atoms with Gasteiger partial charge >= 0.3 is 24.0 Å². The van der Waals surface area contributed by atoms with Gasteiger partial charge in [0, 0.05) is 14.7 Å². The molecule has 11 heteroatoms. The van der Waals surface area contributed by atoms with Crippen molar-refractivity contribution < 1.29 is 29.2 Å². The molecule has 0 aliphatic heterocycles. The number of rotatable bonds is 7. The Morgan fingerprint density at radius 2 is 0.933 bits per heavy atom. The summed E-state index contributed by atoms with van der Waals surface area (Å²) in [6.07, 6.45) is 0. The van der Waals surface area contributed by atoms with Gasteiger partial charge in [0.2, 0.25) is 0 Å². The van der Waals surface area contributed by atoms with E-state index < -0.39 is 34.1 Å². The van der Waals surface area contributed by atoms with Gasteiger partial charge in [0.1, 0.15) is 0 Å². The first-order chi connectivity index (χ1) is 14.0. The topological polar surface area (TPSA) is 77.5 Å². The van der Waals surface area contributed by atoms with Crippen LogP contribution in [-0.2, 0) is 23.1 Å². The summed E-state index contributed by atoms with van der Waals surface area (Å²) in [5, 5.41) is 0. The second kappa shape index (κ2) is 8.27. The first-order valence-corrected chi connectivity index (χ1v) is 13.6. The molecule has 3 aromatic rings. The normalized spacial score (nSPS) is 13.7. The molecule has 0 aliphatic rings. The van der Waals surface area contributed by atoms with Crippen LogP contribution in [0.5, 0.6) is 0 Å². The Bertz CT molecular complexity index is 1120. The smallest absolute Gasteiger partial charge is 0.191 e. The highest BCUT2D eigenvalue weighted by Gasteiger charge is 2.64. The Morgan fingerprint density at radius 1 is 0.633 bits per heavy atom. The summed E-state index contributed by atoms with van der Waals surface area (Å²) in [6, 6.07) is 21.9. The van der Waals surface area contributed by atoms with Gasteiger partial charge in [-0.25, -0.2) is 0 Å². The minimum atomic E-state index is -6.04. The van der Waals surface area contributed by atoms with Crippen molar-refractivity contribution in [1.29, 1.82) is 0 Å². The Morgan fingerprint density at radius 3 is 1.20 bits per heavy atom. The van der Waals surface area contributed by atoms with E-state index >= 15 is 8.78 Å². The lowest BCUT2D eigenvalue weighted by Gasteiger charge is -2.45. The van der Waals surface area contributed by atoms with E-state index in [1.54, 1.807) is 18.2 Å². The molecule has 3 rings (SSSR count). The minimum absolute atomic E-state index is 0.00783. The van der Waals surface area contributed by atoms with Crippen molar-refractivity contribution in [2.45, 2.75) is 19.3 Å². The molecule has 0 fully saturated rings. The molecule has 0 aliphatic carbocycles. The van der Waals surface area contributed by atoms with Gasteiger partial charge in [0.05, 0.1) is 10.7 Å². The summed E-state index contributed by atoms with van der Waals surface area (Å²) in [6.45, 7) is 0. The predicted octanol–water partition coefficient (Wildman–Crippen LogP) is 5.35. The van der Waals surface area contributed by atoms with E-state index in [0.717, 1.165) is 0 Å². The fourth-order valence-electron chi connectivity index (χ4n) is 2.99. The van der Waals surface area contributed by atoms with Crippen molar-refractivity contribution >= 4 is 40.2 Å². The molecule has 0 N–H and O–H groups in total. The quantitative estimate of drug-likeness (QED) is 0.415. The molecule has 0 unspecified atom stereocenters. The Balaban J connectivity index is 2.49. The maximum atomic E-state index is 16.1. The molecule has 5 nitrogen and oxygen atoms in total. The summed E-state index contributed by atoms with van der Waals surface area (Å²) < 4.78 is 79.0. The first kappa shape index (κ1) is 22.7. The SMILES string of the molecule is O=S(=O)(Cl)OS(=O)(=O)C(F)(F)S(c1ccccc1)(c1ccccc1)c1ccccc1. The molecule has 0 bridgehead atoms. The highest BCUT2D eigenvalue weighted by atomic mass is 35.7. The van der Waals surface area contributed by atoms with Crippen molar-refractivity contribution in [1.82, 2.24) is 0 Å². The molecular formula is C19H15ClF2O5S3. The van der Waals surface area contributed by atoms with Crippen LogP contribution in [0.1, 0.15) is 0 Å². The van der Waals surface area contributed by atoms with Crippen molar-refractivity contribution in [3.05, 3.63) is 91.0 Å². The van der Waals surface area contributed by atoms with Crippen LogP contribution in [-0.4, -0.2) is 21.4 Å². The molecular weight excluding hydrogens is 478 g/mol. The van der Waals surface area contributed by atoms with Gasteiger partial charge in [-0.1, -0.05) is 64.6 Å². The van der Waals surface area contributed by atoms with Gasteiger partial charge in [-0.2, -0.15) is 25.6 Å². The third kappa shape index (κ3) is 3.97.